The average molecular weight is 509 g/mol. The van der Waals surface area contributed by atoms with Crippen LogP contribution in [0, 0.1) is 0 Å². The van der Waals surface area contributed by atoms with Crippen molar-refractivity contribution in [3.63, 3.8) is 0 Å². The molecule has 0 unspecified atom stereocenters. The number of ketones is 1. The molecule has 4 heterocycles. The summed E-state index contributed by atoms with van der Waals surface area (Å²) in [5.74, 6) is 1.21. The van der Waals surface area contributed by atoms with Crippen molar-refractivity contribution >= 4 is 11.7 Å². The Morgan fingerprint density at radius 3 is 2.50 bits per heavy atom. The molecule has 1 spiro atoms. The number of pyridine rings is 1. The van der Waals surface area contributed by atoms with Crippen LogP contribution in [0.4, 0.5) is 0 Å². The number of Topliss-reactive ketones (excluding diaryl/α,β-unsaturated/α-hetero) is 1. The molecule has 1 N–H and O–H groups in total. The van der Waals surface area contributed by atoms with Gasteiger partial charge in [-0.3, -0.25) is 14.6 Å². The minimum atomic E-state index is -0.608. The molecular formula is C29H28N6O3. The van der Waals surface area contributed by atoms with Gasteiger partial charge in [0.25, 0.3) is 5.91 Å². The van der Waals surface area contributed by atoms with Crippen molar-refractivity contribution in [3.05, 3.63) is 77.6 Å². The van der Waals surface area contributed by atoms with Crippen LogP contribution in [-0.2, 0) is 0 Å². The highest BCUT2D eigenvalue weighted by molar-refractivity contribution is 6.00. The van der Waals surface area contributed by atoms with Gasteiger partial charge in [0, 0.05) is 42.8 Å². The molecular weight excluding hydrogens is 480 g/mol. The van der Waals surface area contributed by atoms with Gasteiger partial charge in [-0.05, 0) is 46.5 Å². The summed E-state index contributed by atoms with van der Waals surface area (Å²) in [6.45, 7) is 5.09. The number of hydrogen-bond acceptors (Lipinski definition) is 7. The first-order valence-corrected chi connectivity index (χ1v) is 12.9. The fourth-order valence-electron chi connectivity index (χ4n) is 5.27. The van der Waals surface area contributed by atoms with Crippen molar-refractivity contribution in [2.45, 2.75) is 44.6 Å². The van der Waals surface area contributed by atoms with Gasteiger partial charge in [-0.2, -0.15) is 5.21 Å². The molecule has 2 aromatic heterocycles. The first kappa shape index (κ1) is 24.0. The lowest BCUT2D eigenvalue weighted by molar-refractivity contribution is -0.00600. The zero-order valence-corrected chi connectivity index (χ0v) is 21.3. The fraction of sp³-hybridized carbons (Fsp3) is 0.310. The number of tetrazole rings is 1. The van der Waals surface area contributed by atoms with Gasteiger partial charge in [0.2, 0.25) is 5.82 Å². The van der Waals surface area contributed by atoms with E-state index in [9.17, 15) is 9.59 Å². The third-order valence-corrected chi connectivity index (χ3v) is 7.44. The summed E-state index contributed by atoms with van der Waals surface area (Å²) in [4.78, 5) is 33.1. The van der Waals surface area contributed by atoms with Gasteiger partial charge in [-0.25, -0.2) is 0 Å². The van der Waals surface area contributed by atoms with Crippen LogP contribution in [0.15, 0.2) is 60.8 Å². The van der Waals surface area contributed by atoms with Gasteiger partial charge >= 0.3 is 0 Å². The van der Waals surface area contributed by atoms with Gasteiger partial charge < -0.3 is 9.64 Å². The molecule has 38 heavy (non-hydrogen) atoms. The number of aromatic amines is 1. The van der Waals surface area contributed by atoms with Crippen molar-refractivity contribution in [1.29, 1.82) is 0 Å². The number of H-pyrrole nitrogens is 1. The third-order valence-electron chi connectivity index (χ3n) is 7.44. The Balaban J connectivity index is 1.23. The number of rotatable bonds is 4. The number of amides is 1. The zero-order valence-electron chi connectivity index (χ0n) is 21.3. The second-order valence-corrected chi connectivity index (χ2v) is 10.3. The number of fused-ring (bicyclic) bond motifs is 1. The van der Waals surface area contributed by atoms with E-state index in [1.165, 1.54) is 0 Å². The van der Waals surface area contributed by atoms with Crippen molar-refractivity contribution < 1.29 is 14.3 Å². The minimum absolute atomic E-state index is 0.0758. The second-order valence-electron chi connectivity index (χ2n) is 10.3. The minimum Gasteiger partial charge on any atom is -0.484 e. The molecule has 2 aliphatic heterocycles. The maximum atomic E-state index is 13.7. The van der Waals surface area contributed by atoms with E-state index in [1.807, 2.05) is 53.4 Å². The van der Waals surface area contributed by atoms with Crippen molar-refractivity contribution in [2.75, 3.05) is 13.1 Å². The summed E-state index contributed by atoms with van der Waals surface area (Å²) in [5.41, 5.74) is 4.04. The largest absolute Gasteiger partial charge is 0.484 e. The summed E-state index contributed by atoms with van der Waals surface area (Å²) >= 11 is 0. The number of nitrogens with one attached hydrogen (secondary N) is 1. The summed E-state index contributed by atoms with van der Waals surface area (Å²) < 4.78 is 6.40. The molecule has 2 aromatic carbocycles. The molecule has 6 rings (SSSR count). The predicted octanol–water partition coefficient (Wildman–Crippen LogP) is 4.69. The van der Waals surface area contributed by atoms with E-state index >= 15 is 0 Å². The first-order valence-electron chi connectivity index (χ1n) is 12.9. The molecule has 1 fully saturated rings. The van der Waals surface area contributed by atoms with Gasteiger partial charge in [0.15, 0.2) is 5.78 Å². The summed E-state index contributed by atoms with van der Waals surface area (Å²) in [7, 11) is 0. The summed E-state index contributed by atoms with van der Waals surface area (Å²) in [6, 6.07) is 17.4. The van der Waals surface area contributed by atoms with Gasteiger partial charge in [0.1, 0.15) is 11.4 Å². The number of nitrogens with zero attached hydrogens (tertiary/aromatic N) is 5. The number of aromatic nitrogens is 5. The first-order chi connectivity index (χ1) is 18.4. The van der Waals surface area contributed by atoms with Gasteiger partial charge in [-0.15, -0.1) is 10.2 Å². The average Bonchev–Trinajstić information content (AvgIpc) is 3.48. The Labute approximate surface area is 220 Å². The van der Waals surface area contributed by atoms with Crippen LogP contribution in [0.3, 0.4) is 0 Å². The lowest BCUT2D eigenvalue weighted by Gasteiger charge is -2.44. The van der Waals surface area contributed by atoms with Crippen molar-refractivity contribution in [2.24, 2.45) is 0 Å². The number of benzene rings is 2. The normalized spacial score (nSPS) is 16.4. The molecule has 192 valence electrons. The van der Waals surface area contributed by atoms with Crippen molar-refractivity contribution in [3.8, 4) is 28.3 Å². The second kappa shape index (κ2) is 9.48. The van der Waals surface area contributed by atoms with E-state index in [2.05, 4.69) is 39.5 Å². The molecule has 0 bridgehead atoms. The fourth-order valence-corrected chi connectivity index (χ4v) is 5.27. The quantitative estimate of drug-likeness (QED) is 0.425. The standard InChI is InChI=1S/C29H28N6O3/c1-18(2)24-15-23-25(36)16-29(38-26(23)17-30-24)8-10-35(11-9-29)28(37)22-13-20(19-6-4-3-5-7-19)12-21(14-22)27-31-33-34-32-27/h3-7,12-15,17-18H,8-11,16H2,1-2H3,(H,31,32,33,34). The summed E-state index contributed by atoms with van der Waals surface area (Å²) in [6.07, 6.45) is 3.14. The molecule has 1 saturated heterocycles. The topological polar surface area (TPSA) is 114 Å². The molecule has 9 heteroatoms. The van der Waals surface area contributed by atoms with Crippen LogP contribution in [-0.4, -0.2) is 60.9 Å². The maximum absolute atomic E-state index is 13.7. The molecule has 0 aliphatic carbocycles. The van der Waals surface area contributed by atoms with Crippen LogP contribution in [0.5, 0.6) is 5.75 Å². The predicted molar refractivity (Wildman–Crippen MR) is 141 cm³/mol. The van der Waals surface area contributed by atoms with Crippen LogP contribution in [0.2, 0.25) is 0 Å². The lowest BCUT2D eigenvalue weighted by Crippen LogP contribution is -2.52. The Bertz CT molecular complexity index is 1490. The Hall–Kier alpha value is -4.40. The van der Waals surface area contributed by atoms with E-state index in [0.29, 0.717) is 60.6 Å². The molecule has 2 aliphatic rings. The van der Waals surface area contributed by atoms with Crippen molar-refractivity contribution in [1.82, 2.24) is 30.5 Å². The van der Waals surface area contributed by atoms with Crippen LogP contribution < -0.4 is 4.74 Å². The smallest absolute Gasteiger partial charge is 0.253 e. The number of likely N-dealkylation sites (tertiary alicyclic amines) is 1. The van der Waals surface area contributed by atoms with Crippen LogP contribution in [0.1, 0.15) is 65.4 Å². The van der Waals surface area contributed by atoms with E-state index in [-0.39, 0.29) is 17.6 Å². The summed E-state index contributed by atoms with van der Waals surface area (Å²) in [5, 5.41) is 14.4. The number of carbonyl (C=O) groups excluding carboxylic acids is 2. The molecule has 4 aromatic rings. The van der Waals surface area contributed by atoms with Crippen LogP contribution in [0.25, 0.3) is 22.5 Å². The molecule has 9 nitrogen and oxygen atoms in total. The Morgan fingerprint density at radius 1 is 1.03 bits per heavy atom. The molecule has 1 amide bonds. The highest BCUT2D eigenvalue weighted by Crippen LogP contribution is 2.40. The third kappa shape index (κ3) is 4.44. The maximum Gasteiger partial charge on any atom is 0.253 e. The van der Waals surface area contributed by atoms with E-state index in [4.69, 9.17) is 4.74 Å². The van der Waals surface area contributed by atoms with Crippen LogP contribution >= 0.6 is 0 Å². The lowest BCUT2D eigenvalue weighted by atomic mass is 9.82. The Morgan fingerprint density at radius 2 is 1.79 bits per heavy atom. The highest BCUT2D eigenvalue weighted by atomic mass is 16.5. The monoisotopic (exact) mass is 508 g/mol. The number of ether oxygens (including phenoxy) is 1. The molecule has 0 radical (unpaired) electrons. The molecule has 0 saturated carbocycles. The number of piperidine rings is 1. The Kier molecular flexibility index (Phi) is 5.98. The highest BCUT2D eigenvalue weighted by Gasteiger charge is 2.44. The van der Waals surface area contributed by atoms with Gasteiger partial charge in [-0.1, -0.05) is 44.2 Å². The number of carbonyl (C=O) groups is 2. The SMILES string of the molecule is CC(C)c1cc2c(cn1)OC1(CCN(C(=O)c3cc(-c4ccccc4)cc(-c4nn[nH]n4)c3)CC1)CC2=O. The van der Waals surface area contributed by atoms with E-state index in [0.717, 1.165) is 16.8 Å². The van der Waals surface area contributed by atoms with E-state index < -0.39 is 5.60 Å². The number of hydrogen-bond donors (Lipinski definition) is 1. The zero-order chi connectivity index (χ0) is 26.3. The van der Waals surface area contributed by atoms with E-state index in [1.54, 1.807) is 12.3 Å². The molecule has 0 atom stereocenters. The van der Waals surface area contributed by atoms with Gasteiger partial charge in [0.05, 0.1) is 18.2 Å².